The molecule has 0 spiro atoms. The fourth-order valence-corrected chi connectivity index (χ4v) is 2.25. The van der Waals surface area contributed by atoms with Crippen LogP contribution in [0.5, 0.6) is 5.75 Å². The smallest absolute Gasteiger partial charge is 0.322 e. The minimum absolute atomic E-state index is 0.0135. The van der Waals surface area contributed by atoms with E-state index in [9.17, 15) is 4.79 Å². The summed E-state index contributed by atoms with van der Waals surface area (Å²) in [7, 11) is 1.59. The lowest BCUT2D eigenvalue weighted by Gasteiger charge is -1.99. The van der Waals surface area contributed by atoms with E-state index >= 15 is 0 Å². The first-order valence-corrected chi connectivity index (χ1v) is 7.75. The summed E-state index contributed by atoms with van der Waals surface area (Å²) in [5.74, 6) is 0.624. The molecule has 1 amide bonds. The first-order valence-electron chi connectivity index (χ1n) is 7.37. The van der Waals surface area contributed by atoms with Gasteiger partial charge in [0.05, 0.1) is 7.11 Å². The Hall–Kier alpha value is -3.12. The maximum atomic E-state index is 11.9. The molecule has 0 aliphatic rings. The van der Waals surface area contributed by atoms with Crippen molar-refractivity contribution in [3.05, 3.63) is 65.2 Å². The molecule has 0 saturated heterocycles. The van der Waals surface area contributed by atoms with Gasteiger partial charge in [-0.15, -0.1) is 5.10 Å². The summed E-state index contributed by atoms with van der Waals surface area (Å²) in [6.07, 6.45) is 2.96. The molecule has 1 heterocycles. The first-order chi connectivity index (χ1) is 12.2. The van der Waals surface area contributed by atoms with E-state index in [-0.39, 0.29) is 6.01 Å². The molecule has 6 nitrogen and oxygen atoms in total. The Morgan fingerprint density at radius 1 is 1.16 bits per heavy atom. The highest BCUT2D eigenvalue weighted by Gasteiger charge is 2.10. The molecule has 0 bridgehead atoms. The van der Waals surface area contributed by atoms with Gasteiger partial charge in [0.2, 0.25) is 5.89 Å². The van der Waals surface area contributed by atoms with E-state index in [1.54, 1.807) is 49.6 Å². The summed E-state index contributed by atoms with van der Waals surface area (Å²) >= 11 is 6.03. The van der Waals surface area contributed by atoms with Gasteiger partial charge in [0, 0.05) is 16.7 Å². The van der Waals surface area contributed by atoms with Gasteiger partial charge < -0.3 is 9.15 Å². The average molecular weight is 356 g/mol. The number of nitrogens with one attached hydrogen (secondary N) is 1. The van der Waals surface area contributed by atoms with Gasteiger partial charge in [-0.1, -0.05) is 34.9 Å². The summed E-state index contributed by atoms with van der Waals surface area (Å²) in [6, 6.07) is 14.4. The third-order valence-corrected chi connectivity index (χ3v) is 3.66. The van der Waals surface area contributed by atoms with Gasteiger partial charge in [0.25, 0.3) is 5.91 Å². The Bertz CT molecular complexity index is 904. The predicted molar refractivity (Wildman–Crippen MR) is 95.4 cm³/mol. The van der Waals surface area contributed by atoms with E-state index in [1.807, 2.05) is 12.1 Å². The minimum Gasteiger partial charge on any atom is -0.497 e. The second-order valence-corrected chi connectivity index (χ2v) is 5.39. The maximum absolute atomic E-state index is 11.9. The summed E-state index contributed by atoms with van der Waals surface area (Å²) < 4.78 is 10.5. The van der Waals surface area contributed by atoms with E-state index < -0.39 is 5.91 Å². The number of halogens is 1. The molecule has 25 heavy (non-hydrogen) atoms. The fraction of sp³-hybridized carbons (Fsp3) is 0.0556. The molecule has 0 unspecified atom stereocenters. The molecule has 1 aromatic heterocycles. The molecule has 0 saturated carbocycles. The highest BCUT2D eigenvalue weighted by atomic mass is 35.5. The Labute approximate surface area is 149 Å². The molecular formula is C18H14ClN3O3. The first kappa shape index (κ1) is 16.7. The standard InChI is InChI=1S/C18H14ClN3O3/c1-24-14-9-6-13(7-10-14)17-21-22-18(25-17)20-16(23)11-8-12-4-2-3-5-15(12)19/h2-11H,1H3,(H,20,22,23). The Morgan fingerprint density at radius 3 is 2.64 bits per heavy atom. The topological polar surface area (TPSA) is 77.3 Å². The molecule has 126 valence electrons. The molecular weight excluding hydrogens is 342 g/mol. The minimum atomic E-state index is -0.398. The molecule has 0 aliphatic carbocycles. The third kappa shape index (κ3) is 4.24. The van der Waals surface area contributed by atoms with Gasteiger partial charge in [0.1, 0.15) is 5.75 Å². The Morgan fingerprint density at radius 2 is 1.92 bits per heavy atom. The summed E-state index contributed by atoms with van der Waals surface area (Å²) in [6.45, 7) is 0. The van der Waals surface area contributed by atoms with Gasteiger partial charge in [-0.05, 0) is 42.0 Å². The molecule has 7 heteroatoms. The van der Waals surface area contributed by atoms with Crippen LogP contribution < -0.4 is 10.1 Å². The number of hydrogen-bond acceptors (Lipinski definition) is 5. The quantitative estimate of drug-likeness (QED) is 0.698. The van der Waals surface area contributed by atoms with Crippen molar-refractivity contribution >= 4 is 29.6 Å². The second-order valence-electron chi connectivity index (χ2n) is 4.98. The molecule has 3 aromatic rings. The van der Waals surface area contributed by atoms with E-state index in [0.29, 0.717) is 10.9 Å². The molecule has 1 N–H and O–H groups in total. The lowest BCUT2D eigenvalue weighted by atomic mass is 10.2. The average Bonchev–Trinajstić information content (AvgIpc) is 3.09. The highest BCUT2D eigenvalue weighted by molar-refractivity contribution is 6.32. The maximum Gasteiger partial charge on any atom is 0.322 e. The van der Waals surface area contributed by atoms with Crippen molar-refractivity contribution in [3.63, 3.8) is 0 Å². The number of hydrogen-bond donors (Lipinski definition) is 1. The summed E-state index contributed by atoms with van der Waals surface area (Å²) in [5.41, 5.74) is 1.46. The van der Waals surface area contributed by atoms with Crippen molar-refractivity contribution in [3.8, 4) is 17.2 Å². The van der Waals surface area contributed by atoms with Gasteiger partial charge >= 0.3 is 6.01 Å². The zero-order valence-electron chi connectivity index (χ0n) is 13.3. The molecule has 0 aliphatic heterocycles. The molecule has 0 fully saturated rings. The van der Waals surface area contributed by atoms with Crippen LogP contribution in [-0.4, -0.2) is 23.2 Å². The van der Waals surface area contributed by atoms with E-state index in [4.69, 9.17) is 20.8 Å². The summed E-state index contributed by atoms with van der Waals surface area (Å²) in [4.78, 5) is 11.9. The molecule has 0 radical (unpaired) electrons. The van der Waals surface area contributed by atoms with Gasteiger partial charge in [-0.25, -0.2) is 0 Å². The van der Waals surface area contributed by atoms with Crippen LogP contribution in [-0.2, 0) is 4.79 Å². The zero-order valence-corrected chi connectivity index (χ0v) is 14.0. The number of carbonyl (C=O) groups excluding carboxylic acids is 1. The van der Waals surface area contributed by atoms with Gasteiger partial charge in [-0.3, -0.25) is 10.1 Å². The summed E-state index contributed by atoms with van der Waals surface area (Å²) in [5, 5.41) is 10.8. The largest absolute Gasteiger partial charge is 0.497 e. The number of nitrogens with zero attached hydrogens (tertiary/aromatic N) is 2. The number of benzene rings is 2. The van der Waals surface area contributed by atoms with Gasteiger partial charge in [-0.2, -0.15) is 0 Å². The van der Waals surface area contributed by atoms with Crippen LogP contribution in [0, 0.1) is 0 Å². The zero-order chi connectivity index (χ0) is 17.6. The number of aromatic nitrogens is 2. The van der Waals surface area contributed by atoms with Crippen LogP contribution in [0.1, 0.15) is 5.56 Å². The molecule has 0 atom stereocenters. The van der Waals surface area contributed by atoms with Crippen molar-refractivity contribution in [2.75, 3.05) is 12.4 Å². The number of carbonyl (C=O) groups is 1. The van der Waals surface area contributed by atoms with Crippen molar-refractivity contribution < 1.29 is 13.9 Å². The normalized spacial score (nSPS) is 10.8. The second kappa shape index (κ2) is 7.63. The number of anilines is 1. The van der Waals surface area contributed by atoms with Crippen LogP contribution >= 0.6 is 11.6 Å². The van der Waals surface area contributed by atoms with E-state index in [2.05, 4.69) is 15.5 Å². The van der Waals surface area contributed by atoms with Crippen molar-refractivity contribution in [1.29, 1.82) is 0 Å². The van der Waals surface area contributed by atoms with E-state index in [0.717, 1.165) is 16.9 Å². The van der Waals surface area contributed by atoms with Crippen molar-refractivity contribution in [2.24, 2.45) is 0 Å². The monoisotopic (exact) mass is 355 g/mol. The van der Waals surface area contributed by atoms with Crippen LogP contribution in [0.4, 0.5) is 6.01 Å². The Balaban J connectivity index is 1.66. The third-order valence-electron chi connectivity index (χ3n) is 3.31. The van der Waals surface area contributed by atoms with Crippen LogP contribution in [0.3, 0.4) is 0 Å². The Kier molecular flexibility index (Phi) is 5.11. The fourth-order valence-electron chi connectivity index (χ4n) is 2.05. The molecule has 2 aromatic carbocycles. The number of ether oxygens (including phenoxy) is 1. The van der Waals surface area contributed by atoms with Crippen LogP contribution in [0.25, 0.3) is 17.5 Å². The SMILES string of the molecule is COc1ccc(-c2nnc(NC(=O)C=Cc3ccccc3Cl)o2)cc1. The number of amides is 1. The van der Waals surface area contributed by atoms with Crippen LogP contribution in [0.15, 0.2) is 59.0 Å². The predicted octanol–water partition coefficient (Wildman–Crippen LogP) is 4.05. The van der Waals surface area contributed by atoms with Crippen molar-refractivity contribution in [1.82, 2.24) is 10.2 Å². The lowest BCUT2D eigenvalue weighted by Crippen LogP contribution is -2.07. The number of rotatable bonds is 5. The van der Waals surface area contributed by atoms with Gasteiger partial charge in [0.15, 0.2) is 0 Å². The van der Waals surface area contributed by atoms with E-state index in [1.165, 1.54) is 6.08 Å². The van der Waals surface area contributed by atoms with Crippen molar-refractivity contribution in [2.45, 2.75) is 0 Å². The van der Waals surface area contributed by atoms with Crippen LogP contribution in [0.2, 0.25) is 5.02 Å². The number of methoxy groups -OCH3 is 1. The molecule has 3 rings (SSSR count). The lowest BCUT2D eigenvalue weighted by molar-refractivity contribution is -0.112. The highest BCUT2D eigenvalue weighted by Crippen LogP contribution is 2.22.